The van der Waals surface area contributed by atoms with E-state index in [0.29, 0.717) is 11.3 Å². The number of nitrogens with zero attached hydrogens (tertiary/aromatic N) is 3. The van der Waals surface area contributed by atoms with Crippen LogP contribution in [0, 0.1) is 5.92 Å². The van der Waals surface area contributed by atoms with Gasteiger partial charge in [-0.05, 0) is 49.1 Å². The molecule has 2 fully saturated rings. The number of nitrogens with one attached hydrogen (secondary N) is 1. The van der Waals surface area contributed by atoms with E-state index in [9.17, 15) is 13.2 Å². The molecule has 1 aromatic rings. The highest BCUT2D eigenvalue weighted by atomic mass is 19.3. The number of piperidine rings is 1. The fourth-order valence-corrected chi connectivity index (χ4v) is 4.50. The predicted molar refractivity (Wildman–Crippen MR) is 132 cm³/mol. The van der Waals surface area contributed by atoms with Crippen LogP contribution >= 0.6 is 0 Å². The highest BCUT2D eigenvalue weighted by Crippen LogP contribution is 2.40. The van der Waals surface area contributed by atoms with Crippen LogP contribution in [0.5, 0.6) is 5.75 Å². The van der Waals surface area contributed by atoms with Gasteiger partial charge >= 0.3 is 0 Å². The Hall–Kier alpha value is -3.14. The Morgan fingerprint density at radius 3 is 2.91 bits per heavy atom. The molecule has 2 heterocycles. The van der Waals surface area contributed by atoms with Gasteiger partial charge in [0.1, 0.15) is 24.0 Å². The van der Waals surface area contributed by atoms with Crippen LogP contribution in [0.25, 0.3) is 6.08 Å². The Labute approximate surface area is 203 Å². The molecule has 2 saturated heterocycles. The molecule has 186 valence electrons. The number of fused-ring (bicyclic) bond motifs is 1. The average molecular weight is 487 g/mol. The van der Waals surface area contributed by atoms with Crippen molar-refractivity contribution in [2.24, 2.45) is 10.9 Å². The van der Waals surface area contributed by atoms with Crippen molar-refractivity contribution in [2.45, 2.75) is 31.7 Å². The standard InChI is InChI=1S/C26H29F3N4O2/c1-17(30-2)15-32(3)22-11-8-18(13-23(22)34-4)12-20-14-26(28,29)16-33-24(20)31-35-25(33)19-6-5-7-21(27)10-9-19/h5-13,15,19,24-25,31H,2,14,16H2,1,3-4H3/b17-15-,20-12+. The second-order valence-corrected chi connectivity index (χ2v) is 8.80. The van der Waals surface area contributed by atoms with Crippen LogP contribution in [-0.2, 0) is 4.84 Å². The Bertz CT molecular complexity index is 1130. The van der Waals surface area contributed by atoms with Crippen LogP contribution in [0.4, 0.5) is 18.9 Å². The Morgan fingerprint density at radius 2 is 2.17 bits per heavy atom. The third kappa shape index (κ3) is 5.58. The van der Waals surface area contributed by atoms with Crippen molar-refractivity contribution < 1.29 is 22.7 Å². The third-order valence-corrected chi connectivity index (χ3v) is 6.15. The Balaban J connectivity index is 1.62. The zero-order valence-electron chi connectivity index (χ0n) is 19.9. The van der Waals surface area contributed by atoms with Crippen LogP contribution < -0.4 is 15.1 Å². The summed E-state index contributed by atoms with van der Waals surface area (Å²) in [6, 6.07) is 5.52. The summed E-state index contributed by atoms with van der Waals surface area (Å²) in [4.78, 5) is 13.1. The minimum atomic E-state index is -2.94. The number of rotatable bonds is 6. The number of halogens is 3. The molecule has 2 aliphatic heterocycles. The molecule has 0 radical (unpaired) electrons. The topological polar surface area (TPSA) is 49.3 Å². The summed E-state index contributed by atoms with van der Waals surface area (Å²) in [5.74, 6) is -3.14. The molecule has 1 N–H and O–H groups in total. The quantitative estimate of drug-likeness (QED) is 0.560. The van der Waals surface area contributed by atoms with E-state index in [-0.39, 0.29) is 5.92 Å². The molecule has 3 atom stereocenters. The first-order valence-electron chi connectivity index (χ1n) is 11.2. The predicted octanol–water partition coefficient (Wildman–Crippen LogP) is 5.20. The van der Waals surface area contributed by atoms with Crippen LogP contribution in [-0.4, -0.2) is 50.6 Å². The maximum atomic E-state index is 14.8. The van der Waals surface area contributed by atoms with Crippen LogP contribution in [0.2, 0.25) is 0 Å². The van der Waals surface area contributed by atoms with Gasteiger partial charge in [-0.1, -0.05) is 30.4 Å². The maximum Gasteiger partial charge on any atom is 0.264 e. The molecule has 3 unspecified atom stereocenters. The lowest BCUT2D eigenvalue weighted by Crippen LogP contribution is -2.53. The van der Waals surface area contributed by atoms with Crippen molar-refractivity contribution in [3.63, 3.8) is 0 Å². The molecule has 9 heteroatoms. The fourth-order valence-electron chi connectivity index (χ4n) is 4.50. The summed E-state index contributed by atoms with van der Waals surface area (Å²) in [6.45, 7) is 4.89. The molecule has 0 spiro atoms. The number of aliphatic imine (C=N–C) groups is 1. The zero-order valence-corrected chi connectivity index (χ0v) is 19.9. The number of allylic oxidation sites excluding steroid dienone is 5. The van der Waals surface area contributed by atoms with Gasteiger partial charge in [0.2, 0.25) is 0 Å². The van der Waals surface area contributed by atoms with Crippen molar-refractivity contribution >= 4 is 18.5 Å². The highest BCUT2D eigenvalue weighted by Gasteiger charge is 2.50. The molecule has 6 nitrogen and oxygen atoms in total. The first kappa shape index (κ1) is 25.0. The number of alkyl halides is 2. The Morgan fingerprint density at radius 1 is 1.37 bits per heavy atom. The average Bonchev–Trinajstić information content (AvgIpc) is 3.11. The smallest absolute Gasteiger partial charge is 0.264 e. The van der Waals surface area contributed by atoms with Gasteiger partial charge in [-0.2, -0.15) is 5.48 Å². The number of ether oxygens (including phenoxy) is 1. The van der Waals surface area contributed by atoms with E-state index in [1.807, 2.05) is 37.2 Å². The zero-order chi connectivity index (χ0) is 25.2. The minimum Gasteiger partial charge on any atom is -0.495 e. The van der Waals surface area contributed by atoms with E-state index < -0.39 is 37.1 Å². The van der Waals surface area contributed by atoms with Crippen molar-refractivity contribution in [3.8, 4) is 5.75 Å². The molecule has 0 bridgehead atoms. The highest BCUT2D eigenvalue weighted by molar-refractivity contribution is 5.67. The molecule has 0 amide bonds. The number of benzene rings is 1. The molecule has 0 saturated carbocycles. The molecular weight excluding hydrogens is 457 g/mol. The van der Waals surface area contributed by atoms with E-state index in [1.54, 1.807) is 42.4 Å². The molecule has 1 aromatic carbocycles. The van der Waals surface area contributed by atoms with Crippen LogP contribution in [0.3, 0.4) is 0 Å². The van der Waals surface area contributed by atoms with Crippen LogP contribution in [0.1, 0.15) is 18.9 Å². The number of methoxy groups -OCH3 is 1. The van der Waals surface area contributed by atoms with Gasteiger partial charge in [0.05, 0.1) is 25.0 Å². The number of hydrogen-bond acceptors (Lipinski definition) is 6. The summed E-state index contributed by atoms with van der Waals surface area (Å²) >= 11 is 0. The van der Waals surface area contributed by atoms with Crippen molar-refractivity contribution in [2.75, 3.05) is 25.6 Å². The summed E-state index contributed by atoms with van der Waals surface area (Å²) in [5, 5.41) is 0. The van der Waals surface area contributed by atoms with E-state index in [1.165, 1.54) is 12.2 Å². The second-order valence-electron chi connectivity index (χ2n) is 8.80. The summed E-state index contributed by atoms with van der Waals surface area (Å²) in [5.41, 5.74) is 5.66. The van der Waals surface area contributed by atoms with Crippen molar-refractivity contribution in [1.82, 2.24) is 10.4 Å². The molecule has 35 heavy (non-hydrogen) atoms. The van der Waals surface area contributed by atoms with E-state index in [0.717, 1.165) is 16.9 Å². The van der Waals surface area contributed by atoms with Crippen LogP contribution in [0.15, 0.2) is 76.9 Å². The van der Waals surface area contributed by atoms with Gasteiger partial charge in [-0.3, -0.25) is 9.83 Å². The van der Waals surface area contributed by atoms with E-state index >= 15 is 0 Å². The maximum absolute atomic E-state index is 14.8. The molecule has 4 rings (SSSR count). The molecule has 1 aliphatic carbocycles. The lowest BCUT2D eigenvalue weighted by molar-refractivity contribution is -0.0874. The largest absolute Gasteiger partial charge is 0.495 e. The SMILES string of the molecule is C=N/C(C)=C\N(C)c1ccc(/C=C2\CC(F)(F)CN3C2NOC3C2C=CC=C(F)C=C2)cc1OC. The van der Waals surface area contributed by atoms with Gasteiger partial charge in [-0.25, -0.2) is 18.1 Å². The summed E-state index contributed by atoms with van der Waals surface area (Å²) in [6.07, 6.45) is 9.52. The molecular formula is C26H29F3N4O2. The Kier molecular flexibility index (Phi) is 7.30. The first-order valence-corrected chi connectivity index (χ1v) is 11.2. The summed E-state index contributed by atoms with van der Waals surface area (Å²) in [7, 11) is 3.42. The number of hydrogen-bond donors (Lipinski definition) is 1. The monoisotopic (exact) mass is 486 g/mol. The fraction of sp³-hybridized carbons (Fsp3) is 0.346. The van der Waals surface area contributed by atoms with Gasteiger partial charge in [0.25, 0.3) is 5.92 Å². The lowest BCUT2D eigenvalue weighted by Gasteiger charge is -2.38. The minimum absolute atomic E-state index is 0.386. The van der Waals surface area contributed by atoms with Crippen molar-refractivity contribution in [3.05, 3.63) is 77.4 Å². The van der Waals surface area contributed by atoms with Gasteiger partial charge in [0.15, 0.2) is 0 Å². The lowest BCUT2D eigenvalue weighted by atomic mass is 9.94. The number of hydroxylamine groups is 1. The van der Waals surface area contributed by atoms with Gasteiger partial charge in [0, 0.05) is 25.6 Å². The molecule has 3 aliphatic rings. The summed E-state index contributed by atoms with van der Waals surface area (Å²) < 4.78 is 48.8. The second kappa shape index (κ2) is 10.2. The van der Waals surface area contributed by atoms with Gasteiger partial charge < -0.3 is 9.64 Å². The van der Waals surface area contributed by atoms with E-state index in [4.69, 9.17) is 9.57 Å². The number of anilines is 1. The molecule has 0 aromatic heterocycles. The third-order valence-electron chi connectivity index (χ3n) is 6.15. The van der Waals surface area contributed by atoms with Crippen molar-refractivity contribution in [1.29, 1.82) is 0 Å². The normalized spacial score (nSPS) is 27.4. The first-order chi connectivity index (χ1) is 16.7. The van der Waals surface area contributed by atoms with Gasteiger partial charge in [-0.15, -0.1) is 0 Å². The van der Waals surface area contributed by atoms with E-state index in [2.05, 4.69) is 17.2 Å².